The summed E-state index contributed by atoms with van der Waals surface area (Å²) in [6.45, 7) is 2.30. The largest absolute Gasteiger partial charge is 0.366 e. The Morgan fingerprint density at radius 1 is 1.10 bits per heavy atom. The number of anilines is 1. The highest BCUT2D eigenvalue weighted by Crippen LogP contribution is 2.26. The van der Waals surface area contributed by atoms with Crippen LogP contribution in [-0.4, -0.2) is 37.1 Å². The summed E-state index contributed by atoms with van der Waals surface area (Å²) < 4.78 is 54.6. The molecule has 2 aromatic carbocycles. The summed E-state index contributed by atoms with van der Waals surface area (Å²) in [6, 6.07) is 6.36. The number of carbonyl (C=O) groups is 2. The van der Waals surface area contributed by atoms with Crippen LogP contribution in [0.15, 0.2) is 41.3 Å². The second-order valence-corrected chi connectivity index (χ2v) is 9.01. The molecule has 3 rings (SSSR count). The van der Waals surface area contributed by atoms with Crippen molar-refractivity contribution < 1.29 is 26.8 Å². The zero-order valence-electron chi connectivity index (χ0n) is 16.2. The zero-order valence-corrected chi connectivity index (χ0v) is 17.0. The highest BCUT2D eigenvalue weighted by atomic mass is 32.2. The predicted molar refractivity (Wildman–Crippen MR) is 106 cm³/mol. The fraction of sp³-hybridized carbons (Fsp3) is 0.300. The number of benzene rings is 2. The molecule has 160 valence electrons. The number of piperidine rings is 1. The Kier molecular flexibility index (Phi) is 6.18. The van der Waals surface area contributed by atoms with Crippen molar-refractivity contribution in [2.75, 3.05) is 11.9 Å². The van der Waals surface area contributed by atoms with E-state index < -0.39 is 44.7 Å². The standard InChI is InChI=1S/C20H21F2N3O4S/c1-12-4-2-3-9-25(12)30(28,29)14-7-5-13(6-8-14)20(27)24-18-10-15(19(23)26)16(21)11-17(18)22/h5-8,10-12H,2-4,9H2,1H3,(H2,23,26)(H,24,27). The van der Waals surface area contributed by atoms with Crippen molar-refractivity contribution in [1.82, 2.24) is 4.31 Å². The van der Waals surface area contributed by atoms with Crippen LogP contribution < -0.4 is 11.1 Å². The van der Waals surface area contributed by atoms with Gasteiger partial charge < -0.3 is 11.1 Å². The average Bonchev–Trinajstić information content (AvgIpc) is 2.70. The molecule has 2 amide bonds. The molecule has 1 aliphatic rings. The first-order valence-corrected chi connectivity index (χ1v) is 10.8. The number of sulfonamides is 1. The van der Waals surface area contributed by atoms with Crippen molar-refractivity contribution in [2.45, 2.75) is 37.1 Å². The van der Waals surface area contributed by atoms with Crippen LogP contribution in [-0.2, 0) is 10.0 Å². The van der Waals surface area contributed by atoms with Gasteiger partial charge in [0.1, 0.15) is 11.6 Å². The summed E-state index contributed by atoms with van der Waals surface area (Å²) in [5, 5.41) is 2.23. The fourth-order valence-electron chi connectivity index (χ4n) is 3.37. The van der Waals surface area contributed by atoms with Gasteiger partial charge in [0.15, 0.2) is 0 Å². The van der Waals surface area contributed by atoms with Crippen LogP contribution in [0, 0.1) is 11.6 Å². The number of hydrogen-bond donors (Lipinski definition) is 2. The molecule has 3 N–H and O–H groups in total. The van der Waals surface area contributed by atoms with Crippen LogP contribution in [0.25, 0.3) is 0 Å². The molecule has 1 aliphatic heterocycles. The van der Waals surface area contributed by atoms with E-state index in [2.05, 4.69) is 5.32 Å². The number of nitrogens with zero attached hydrogens (tertiary/aromatic N) is 1. The predicted octanol–water partition coefficient (Wildman–Crippen LogP) is 2.88. The van der Waals surface area contributed by atoms with Crippen LogP contribution in [0.1, 0.15) is 46.9 Å². The average molecular weight is 437 g/mol. The Balaban J connectivity index is 1.81. The monoisotopic (exact) mass is 437 g/mol. The smallest absolute Gasteiger partial charge is 0.255 e. The van der Waals surface area contributed by atoms with E-state index in [0.717, 1.165) is 25.3 Å². The molecule has 0 aliphatic carbocycles. The highest BCUT2D eigenvalue weighted by molar-refractivity contribution is 7.89. The van der Waals surface area contributed by atoms with Gasteiger partial charge >= 0.3 is 0 Å². The first-order valence-electron chi connectivity index (χ1n) is 9.33. The number of amides is 2. The molecule has 1 atom stereocenters. The minimum Gasteiger partial charge on any atom is -0.366 e. The minimum absolute atomic E-state index is 0.0526. The maximum Gasteiger partial charge on any atom is 0.255 e. The van der Waals surface area contributed by atoms with Crippen LogP contribution in [0.5, 0.6) is 0 Å². The van der Waals surface area contributed by atoms with Crippen LogP contribution in [0.4, 0.5) is 14.5 Å². The molecule has 7 nitrogen and oxygen atoms in total. The minimum atomic E-state index is -3.69. The van der Waals surface area contributed by atoms with Gasteiger partial charge in [-0.3, -0.25) is 9.59 Å². The molecule has 0 saturated carbocycles. The summed E-state index contributed by atoms with van der Waals surface area (Å²) in [6.07, 6.45) is 2.56. The van der Waals surface area contributed by atoms with Crippen molar-refractivity contribution in [3.05, 3.63) is 59.2 Å². The van der Waals surface area contributed by atoms with Crippen molar-refractivity contribution in [3.8, 4) is 0 Å². The van der Waals surface area contributed by atoms with Crippen molar-refractivity contribution >= 4 is 27.5 Å². The van der Waals surface area contributed by atoms with Gasteiger partial charge in [-0.25, -0.2) is 17.2 Å². The van der Waals surface area contributed by atoms with Crippen molar-refractivity contribution in [2.24, 2.45) is 5.73 Å². The molecule has 1 fully saturated rings. The fourth-order valence-corrected chi connectivity index (χ4v) is 5.07. The summed E-state index contributed by atoms with van der Waals surface area (Å²) in [5.74, 6) is -4.08. The van der Waals surface area contributed by atoms with Gasteiger partial charge in [-0.05, 0) is 50.1 Å². The lowest BCUT2D eigenvalue weighted by Crippen LogP contribution is -2.41. The maximum absolute atomic E-state index is 13.9. The Bertz CT molecular complexity index is 1090. The second-order valence-electron chi connectivity index (χ2n) is 7.12. The van der Waals surface area contributed by atoms with E-state index in [-0.39, 0.29) is 16.5 Å². The summed E-state index contributed by atoms with van der Waals surface area (Å²) in [7, 11) is -3.69. The summed E-state index contributed by atoms with van der Waals surface area (Å²) >= 11 is 0. The highest BCUT2D eigenvalue weighted by Gasteiger charge is 2.31. The number of halogens is 2. The molecule has 1 heterocycles. The third-order valence-corrected chi connectivity index (χ3v) is 7.06. The van der Waals surface area contributed by atoms with Crippen LogP contribution >= 0.6 is 0 Å². The molecule has 30 heavy (non-hydrogen) atoms. The first-order chi connectivity index (χ1) is 14.1. The van der Waals surface area contributed by atoms with Gasteiger partial charge in [0.25, 0.3) is 11.8 Å². The quantitative estimate of drug-likeness (QED) is 0.749. The van der Waals surface area contributed by atoms with Crippen molar-refractivity contribution in [1.29, 1.82) is 0 Å². The Morgan fingerprint density at radius 2 is 1.77 bits per heavy atom. The lowest BCUT2D eigenvalue weighted by Gasteiger charge is -2.32. The van der Waals surface area contributed by atoms with Gasteiger partial charge in [-0.15, -0.1) is 0 Å². The maximum atomic E-state index is 13.9. The van der Waals surface area contributed by atoms with Crippen LogP contribution in [0.2, 0.25) is 0 Å². The molecular weight excluding hydrogens is 416 g/mol. The lowest BCUT2D eigenvalue weighted by atomic mass is 10.1. The van der Waals surface area contributed by atoms with Crippen molar-refractivity contribution in [3.63, 3.8) is 0 Å². The van der Waals surface area contributed by atoms with E-state index in [9.17, 15) is 26.8 Å². The molecule has 0 spiro atoms. The van der Waals surface area contributed by atoms with E-state index in [1.807, 2.05) is 6.92 Å². The van der Waals surface area contributed by atoms with Gasteiger partial charge in [0.2, 0.25) is 10.0 Å². The molecule has 10 heteroatoms. The van der Waals surface area contributed by atoms with E-state index in [1.165, 1.54) is 28.6 Å². The number of nitrogens with one attached hydrogen (secondary N) is 1. The Morgan fingerprint density at radius 3 is 2.37 bits per heavy atom. The Hall–Kier alpha value is -2.85. The van der Waals surface area contributed by atoms with Crippen LogP contribution in [0.3, 0.4) is 0 Å². The molecular formula is C20H21F2N3O4S. The number of nitrogens with two attached hydrogens (primary N) is 1. The first kappa shape index (κ1) is 21.8. The second kappa shape index (κ2) is 8.49. The topological polar surface area (TPSA) is 110 Å². The molecule has 0 radical (unpaired) electrons. The van der Waals surface area contributed by atoms with E-state index >= 15 is 0 Å². The number of rotatable bonds is 5. The number of carbonyl (C=O) groups excluding carboxylic acids is 2. The van der Waals surface area contributed by atoms with Gasteiger partial charge in [0, 0.05) is 24.2 Å². The van der Waals surface area contributed by atoms with Gasteiger partial charge in [0.05, 0.1) is 16.1 Å². The van der Waals surface area contributed by atoms with E-state index in [4.69, 9.17) is 5.73 Å². The molecule has 0 aromatic heterocycles. The zero-order chi connectivity index (χ0) is 22.1. The number of primary amides is 1. The molecule has 1 unspecified atom stereocenters. The summed E-state index contributed by atoms with van der Waals surface area (Å²) in [5.41, 5.74) is 4.10. The third-order valence-electron chi connectivity index (χ3n) is 5.04. The molecule has 2 aromatic rings. The molecule has 0 bridgehead atoms. The SMILES string of the molecule is CC1CCCCN1S(=O)(=O)c1ccc(C(=O)Nc2cc(C(N)=O)c(F)cc2F)cc1. The van der Waals surface area contributed by atoms with E-state index in [1.54, 1.807) is 0 Å². The normalized spacial score (nSPS) is 17.5. The number of hydrogen-bond acceptors (Lipinski definition) is 4. The Labute approximate surface area is 172 Å². The van der Waals surface area contributed by atoms with E-state index in [0.29, 0.717) is 12.6 Å². The third kappa shape index (κ3) is 4.34. The summed E-state index contributed by atoms with van der Waals surface area (Å²) in [4.78, 5) is 23.7. The van der Waals surface area contributed by atoms with Gasteiger partial charge in [-0.2, -0.15) is 4.31 Å². The molecule has 1 saturated heterocycles. The van der Waals surface area contributed by atoms with Gasteiger partial charge in [-0.1, -0.05) is 6.42 Å². The lowest BCUT2D eigenvalue weighted by molar-refractivity contribution is 0.0992.